The van der Waals surface area contributed by atoms with Gasteiger partial charge in [0.2, 0.25) is 15.9 Å². The number of nitrogens with one attached hydrogen (secondary N) is 1. The van der Waals surface area contributed by atoms with E-state index in [-0.39, 0.29) is 16.6 Å². The Balaban J connectivity index is 1.55. The van der Waals surface area contributed by atoms with E-state index in [4.69, 9.17) is 5.14 Å². The fraction of sp³-hybridized carbons (Fsp3) is 0.316. The molecule has 154 valence electrons. The van der Waals surface area contributed by atoms with Crippen LogP contribution in [-0.4, -0.2) is 36.6 Å². The molecule has 3 N–H and O–H groups in total. The summed E-state index contributed by atoms with van der Waals surface area (Å²) < 4.78 is 22.5. The molecule has 0 unspecified atom stereocenters. The Kier molecular flexibility index (Phi) is 6.57. The van der Waals surface area contributed by atoms with Crippen molar-refractivity contribution in [1.29, 1.82) is 0 Å². The van der Waals surface area contributed by atoms with Crippen LogP contribution in [0.2, 0.25) is 0 Å². The van der Waals surface area contributed by atoms with Crippen LogP contribution in [0.4, 0.5) is 0 Å². The Labute approximate surface area is 178 Å². The lowest BCUT2D eigenvalue weighted by atomic mass is 10.1. The second-order valence-electron chi connectivity index (χ2n) is 6.62. The number of hydrogen-bond acceptors (Lipinski definition) is 7. The molecule has 0 fully saturated rings. The van der Waals surface area contributed by atoms with Crippen LogP contribution in [0.3, 0.4) is 0 Å². The molecule has 0 aliphatic rings. The Morgan fingerprint density at radius 1 is 1.17 bits per heavy atom. The molecular weight excluding hydrogens is 428 g/mol. The number of aryl methyl sites for hydroxylation is 3. The average molecular weight is 451 g/mol. The maximum Gasteiger partial charge on any atom is 0.238 e. The van der Waals surface area contributed by atoms with Crippen molar-refractivity contribution >= 4 is 49.2 Å². The molecule has 29 heavy (non-hydrogen) atoms. The summed E-state index contributed by atoms with van der Waals surface area (Å²) in [5.74, 6) is 0.888. The normalized spacial score (nSPS) is 11.7. The monoisotopic (exact) mass is 450 g/mol. The number of thioether (sulfide) groups is 1. The third kappa shape index (κ3) is 5.33. The van der Waals surface area contributed by atoms with E-state index < -0.39 is 10.0 Å². The predicted molar refractivity (Wildman–Crippen MR) is 117 cm³/mol. The highest BCUT2D eigenvalue weighted by Crippen LogP contribution is 2.34. The third-order valence-corrected chi connectivity index (χ3v) is 7.44. The molecule has 0 aliphatic heterocycles. The number of carbonyl (C=O) groups excluding carboxylic acids is 1. The van der Waals surface area contributed by atoms with Crippen LogP contribution in [0.1, 0.15) is 21.8 Å². The summed E-state index contributed by atoms with van der Waals surface area (Å²) in [6.07, 6.45) is 0.598. The number of hydrogen-bond donors (Lipinski definition) is 2. The number of sulfonamides is 1. The van der Waals surface area contributed by atoms with Crippen molar-refractivity contribution in [3.8, 4) is 0 Å². The fourth-order valence-corrected chi connectivity index (χ4v) is 5.41. The Morgan fingerprint density at radius 2 is 1.86 bits per heavy atom. The van der Waals surface area contributed by atoms with Gasteiger partial charge in [0, 0.05) is 16.8 Å². The van der Waals surface area contributed by atoms with Gasteiger partial charge in [0.05, 0.1) is 10.6 Å². The number of primary sulfonamides is 1. The summed E-state index contributed by atoms with van der Waals surface area (Å²) in [6, 6.07) is 6.33. The van der Waals surface area contributed by atoms with E-state index in [2.05, 4.69) is 29.1 Å². The smallest absolute Gasteiger partial charge is 0.238 e. The Bertz CT molecular complexity index is 1160. The number of thiophene rings is 1. The quantitative estimate of drug-likeness (QED) is 0.422. The molecule has 0 atom stereocenters. The van der Waals surface area contributed by atoms with Crippen LogP contribution in [0.15, 0.2) is 34.2 Å². The van der Waals surface area contributed by atoms with E-state index in [1.165, 1.54) is 28.8 Å². The number of benzene rings is 1. The minimum absolute atomic E-state index is 0.0760. The van der Waals surface area contributed by atoms with Gasteiger partial charge in [-0.25, -0.2) is 23.5 Å². The number of nitrogens with zero attached hydrogens (tertiary/aromatic N) is 2. The van der Waals surface area contributed by atoms with Crippen molar-refractivity contribution in [1.82, 2.24) is 15.3 Å². The molecule has 7 nitrogen and oxygen atoms in total. The van der Waals surface area contributed by atoms with Crippen molar-refractivity contribution in [2.24, 2.45) is 5.14 Å². The largest absolute Gasteiger partial charge is 0.355 e. The third-order valence-electron chi connectivity index (χ3n) is 4.43. The number of aromatic nitrogens is 2. The lowest BCUT2D eigenvalue weighted by Gasteiger charge is -2.07. The van der Waals surface area contributed by atoms with Crippen LogP contribution in [-0.2, 0) is 21.2 Å². The highest BCUT2D eigenvalue weighted by molar-refractivity contribution is 8.00. The predicted octanol–water partition coefficient (Wildman–Crippen LogP) is 2.71. The minimum Gasteiger partial charge on any atom is -0.355 e. The van der Waals surface area contributed by atoms with E-state index in [1.807, 2.05) is 6.92 Å². The molecule has 3 aromatic rings. The first-order valence-electron chi connectivity index (χ1n) is 8.90. The zero-order valence-corrected chi connectivity index (χ0v) is 18.8. The molecule has 0 saturated heterocycles. The van der Waals surface area contributed by atoms with Gasteiger partial charge in [-0.05, 0) is 50.5 Å². The number of amides is 1. The first-order valence-corrected chi connectivity index (χ1v) is 12.3. The van der Waals surface area contributed by atoms with Gasteiger partial charge in [0.25, 0.3) is 0 Å². The lowest BCUT2D eigenvalue weighted by molar-refractivity contribution is -0.118. The summed E-state index contributed by atoms with van der Waals surface area (Å²) in [4.78, 5) is 23.5. The molecule has 2 heterocycles. The lowest BCUT2D eigenvalue weighted by Crippen LogP contribution is -2.27. The molecule has 1 amide bonds. The average Bonchev–Trinajstić information content (AvgIpc) is 2.93. The van der Waals surface area contributed by atoms with E-state index in [9.17, 15) is 13.2 Å². The Morgan fingerprint density at radius 3 is 2.52 bits per heavy atom. The molecule has 1 aromatic carbocycles. The van der Waals surface area contributed by atoms with Gasteiger partial charge in [-0.2, -0.15) is 0 Å². The SMILES string of the molecule is Cc1nc(SCC(=O)NCCc2ccc(S(N)(=O)=O)cc2)c2c(C)c(C)sc2n1. The summed E-state index contributed by atoms with van der Waals surface area (Å²) in [6.45, 7) is 6.43. The zero-order valence-electron chi connectivity index (χ0n) is 16.4. The number of nitrogens with two attached hydrogens (primary N) is 1. The molecule has 0 spiro atoms. The number of carbonyl (C=O) groups is 1. The van der Waals surface area contributed by atoms with Gasteiger partial charge in [0.1, 0.15) is 15.7 Å². The second kappa shape index (κ2) is 8.78. The van der Waals surface area contributed by atoms with E-state index >= 15 is 0 Å². The van der Waals surface area contributed by atoms with Gasteiger partial charge >= 0.3 is 0 Å². The molecule has 3 rings (SSSR count). The number of rotatable bonds is 7. The maximum absolute atomic E-state index is 12.2. The highest BCUT2D eigenvalue weighted by atomic mass is 32.2. The van der Waals surface area contributed by atoms with Crippen molar-refractivity contribution in [2.45, 2.75) is 37.1 Å². The van der Waals surface area contributed by atoms with E-state index in [0.717, 1.165) is 26.4 Å². The van der Waals surface area contributed by atoms with Gasteiger partial charge in [0.15, 0.2) is 0 Å². The molecule has 0 bridgehead atoms. The number of fused-ring (bicyclic) bond motifs is 1. The van der Waals surface area contributed by atoms with Crippen molar-refractivity contribution in [3.63, 3.8) is 0 Å². The van der Waals surface area contributed by atoms with Crippen molar-refractivity contribution < 1.29 is 13.2 Å². The van der Waals surface area contributed by atoms with Gasteiger partial charge in [-0.1, -0.05) is 23.9 Å². The topological polar surface area (TPSA) is 115 Å². The fourth-order valence-electron chi connectivity index (χ4n) is 2.80. The first-order chi connectivity index (χ1) is 13.6. The standard InChI is InChI=1S/C19H22N4O3S3/c1-11-12(2)28-19-17(11)18(22-13(3)23-19)27-10-16(24)21-9-8-14-4-6-15(7-5-14)29(20,25)26/h4-7H,8-10H2,1-3H3,(H,21,24)(H2,20,25,26). The molecule has 0 aliphatic carbocycles. The zero-order chi connectivity index (χ0) is 21.2. The van der Waals surface area contributed by atoms with E-state index in [0.29, 0.717) is 18.8 Å². The van der Waals surface area contributed by atoms with Crippen LogP contribution >= 0.6 is 23.1 Å². The second-order valence-corrected chi connectivity index (χ2v) is 10.3. The molecule has 10 heteroatoms. The first kappa shape index (κ1) is 21.7. The molecular formula is C19H22N4O3S3. The van der Waals surface area contributed by atoms with Crippen LogP contribution in [0.5, 0.6) is 0 Å². The summed E-state index contributed by atoms with van der Waals surface area (Å²) in [5, 5.41) is 9.84. The molecule has 2 aromatic heterocycles. The van der Waals surface area contributed by atoms with Gasteiger partial charge in [-0.3, -0.25) is 4.79 Å². The van der Waals surface area contributed by atoms with Gasteiger partial charge in [-0.15, -0.1) is 11.3 Å². The van der Waals surface area contributed by atoms with Crippen molar-refractivity contribution in [2.75, 3.05) is 12.3 Å². The summed E-state index contributed by atoms with van der Waals surface area (Å²) >= 11 is 3.06. The Hall–Kier alpha value is -2.01. The van der Waals surface area contributed by atoms with Crippen LogP contribution < -0.4 is 10.5 Å². The van der Waals surface area contributed by atoms with Crippen LogP contribution in [0, 0.1) is 20.8 Å². The minimum atomic E-state index is -3.69. The maximum atomic E-state index is 12.2. The van der Waals surface area contributed by atoms with Crippen molar-refractivity contribution in [3.05, 3.63) is 46.1 Å². The van der Waals surface area contributed by atoms with Crippen LogP contribution in [0.25, 0.3) is 10.2 Å². The highest BCUT2D eigenvalue weighted by Gasteiger charge is 2.15. The van der Waals surface area contributed by atoms with Gasteiger partial charge < -0.3 is 5.32 Å². The van der Waals surface area contributed by atoms with E-state index in [1.54, 1.807) is 23.5 Å². The molecule has 0 saturated carbocycles. The molecule has 0 radical (unpaired) electrons. The summed E-state index contributed by atoms with van der Waals surface area (Å²) in [5.41, 5.74) is 2.08. The summed E-state index contributed by atoms with van der Waals surface area (Å²) in [7, 11) is -3.69.